The molecular weight excluding hydrogens is 373 g/mol. The molecule has 0 spiro atoms. The molecule has 148 valence electrons. The SMILES string of the molecule is Cc1nc2c(c(=O)[nH]1)C[C@H]1CC[C@@H](C2)N1C(=O)Nc1ccccc1C(F)(F)F. The lowest BCUT2D eigenvalue weighted by atomic mass is 9.98. The summed E-state index contributed by atoms with van der Waals surface area (Å²) in [4.78, 5) is 33.9. The molecule has 2 aliphatic heterocycles. The lowest BCUT2D eigenvalue weighted by Gasteiger charge is -2.28. The van der Waals surface area contributed by atoms with Gasteiger partial charge in [0.15, 0.2) is 0 Å². The number of urea groups is 1. The zero-order valence-electron chi connectivity index (χ0n) is 15.1. The molecule has 0 radical (unpaired) electrons. The van der Waals surface area contributed by atoms with E-state index in [1.54, 1.807) is 11.8 Å². The van der Waals surface area contributed by atoms with Gasteiger partial charge in [-0.1, -0.05) is 12.1 Å². The molecule has 2 aliphatic rings. The third-order valence-corrected chi connectivity index (χ3v) is 5.42. The maximum atomic E-state index is 13.2. The van der Waals surface area contributed by atoms with E-state index >= 15 is 0 Å². The normalized spacial score (nSPS) is 21.2. The van der Waals surface area contributed by atoms with Crippen molar-refractivity contribution < 1.29 is 18.0 Å². The number of para-hydroxylation sites is 1. The molecule has 0 aliphatic carbocycles. The molecule has 28 heavy (non-hydrogen) atoms. The molecule has 2 atom stereocenters. The number of fused-ring (bicyclic) bond motifs is 3. The lowest BCUT2D eigenvalue weighted by Crippen LogP contribution is -2.44. The summed E-state index contributed by atoms with van der Waals surface area (Å²) in [6, 6.07) is 3.90. The quantitative estimate of drug-likeness (QED) is 0.782. The summed E-state index contributed by atoms with van der Waals surface area (Å²) in [6.45, 7) is 1.70. The minimum Gasteiger partial charge on any atom is -0.318 e. The first-order chi connectivity index (χ1) is 13.2. The molecule has 1 aromatic carbocycles. The summed E-state index contributed by atoms with van der Waals surface area (Å²) in [6.07, 6.45) is -2.36. The van der Waals surface area contributed by atoms with E-state index in [-0.39, 0.29) is 23.3 Å². The first-order valence-electron chi connectivity index (χ1n) is 9.08. The second-order valence-corrected chi connectivity index (χ2v) is 7.25. The second-order valence-electron chi connectivity index (χ2n) is 7.25. The van der Waals surface area contributed by atoms with E-state index in [4.69, 9.17) is 0 Å². The highest BCUT2D eigenvalue weighted by molar-refractivity contribution is 5.91. The minimum absolute atomic E-state index is 0.196. The van der Waals surface area contributed by atoms with Gasteiger partial charge in [-0.15, -0.1) is 0 Å². The van der Waals surface area contributed by atoms with Crippen molar-refractivity contribution in [3.05, 3.63) is 57.3 Å². The monoisotopic (exact) mass is 392 g/mol. The smallest absolute Gasteiger partial charge is 0.318 e. The van der Waals surface area contributed by atoms with Gasteiger partial charge in [-0.05, 0) is 31.9 Å². The molecule has 6 nitrogen and oxygen atoms in total. The van der Waals surface area contributed by atoms with Crippen LogP contribution < -0.4 is 10.9 Å². The number of carbonyl (C=O) groups is 1. The topological polar surface area (TPSA) is 78.1 Å². The highest BCUT2D eigenvalue weighted by atomic mass is 19.4. The first kappa shape index (κ1) is 18.5. The first-order valence-corrected chi connectivity index (χ1v) is 9.08. The number of hydrogen-bond acceptors (Lipinski definition) is 3. The summed E-state index contributed by atoms with van der Waals surface area (Å²) in [5, 5.41) is 2.43. The number of hydrogen-bond donors (Lipinski definition) is 2. The Hall–Kier alpha value is -2.84. The largest absolute Gasteiger partial charge is 0.418 e. The molecule has 4 rings (SSSR count). The zero-order chi connectivity index (χ0) is 20.1. The summed E-state index contributed by atoms with van der Waals surface area (Å²) < 4.78 is 39.7. The van der Waals surface area contributed by atoms with Crippen LogP contribution in [0, 0.1) is 6.92 Å². The van der Waals surface area contributed by atoms with Gasteiger partial charge in [-0.25, -0.2) is 9.78 Å². The Morgan fingerprint density at radius 3 is 2.61 bits per heavy atom. The number of halogens is 3. The summed E-state index contributed by atoms with van der Waals surface area (Å²) in [5.41, 5.74) is -0.137. The number of aromatic nitrogens is 2. The molecule has 2 bridgehead atoms. The molecule has 1 saturated heterocycles. The minimum atomic E-state index is -4.56. The van der Waals surface area contributed by atoms with Gasteiger partial charge in [0.1, 0.15) is 5.82 Å². The highest BCUT2D eigenvalue weighted by Crippen LogP contribution is 2.36. The van der Waals surface area contributed by atoms with Crippen LogP contribution in [-0.4, -0.2) is 33.0 Å². The number of alkyl halides is 3. The van der Waals surface area contributed by atoms with Crippen LogP contribution in [0.25, 0.3) is 0 Å². The van der Waals surface area contributed by atoms with Crippen molar-refractivity contribution in [1.29, 1.82) is 0 Å². The third-order valence-electron chi connectivity index (χ3n) is 5.42. The molecule has 3 heterocycles. The van der Waals surface area contributed by atoms with Crippen molar-refractivity contribution in [3.8, 4) is 0 Å². The van der Waals surface area contributed by atoms with Gasteiger partial charge in [0.25, 0.3) is 5.56 Å². The zero-order valence-corrected chi connectivity index (χ0v) is 15.1. The Bertz CT molecular complexity index is 986. The lowest BCUT2D eigenvalue weighted by molar-refractivity contribution is -0.136. The number of H-pyrrole nitrogens is 1. The van der Waals surface area contributed by atoms with Crippen molar-refractivity contribution in [2.45, 2.75) is 50.9 Å². The van der Waals surface area contributed by atoms with Gasteiger partial charge in [0.05, 0.1) is 16.9 Å². The Morgan fingerprint density at radius 2 is 1.89 bits per heavy atom. The number of benzene rings is 1. The summed E-state index contributed by atoms with van der Waals surface area (Å²) in [5.74, 6) is 0.511. The molecule has 0 saturated carbocycles. The van der Waals surface area contributed by atoms with E-state index in [0.29, 0.717) is 36.3 Å². The van der Waals surface area contributed by atoms with Gasteiger partial charge in [0, 0.05) is 30.5 Å². The molecule has 9 heteroatoms. The average Bonchev–Trinajstić information content (AvgIpc) is 2.90. The number of aromatic amines is 1. The number of nitrogens with zero attached hydrogens (tertiary/aromatic N) is 2. The van der Waals surface area contributed by atoms with E-state index in [9.17, 15) is 22.8 Å². The van der Waals surface area contributed by atoms with E-state index in [1.165, 1.54) is 18.2 Å². The summed E-state index contributed by atoms with van der Waals surface area (Å²) >= 11 is 0. The van der Waals surface area contributed by atoms with E-state index < -0.39 is 17.8 Å². The number of aryl methyl sites for hydroxylation is 1. The average molecular weight is 392 g/mol. The standard InChI is InChI=1S/C19H19F3N4O2/c1-10-23-16-9-12-7-6-11(8-13(16)17(27)24-10)26(12)18(28)25-15-5-3-2-4-14(15)19(20,21)22/h2-5,11-12H,6-9H2,1H3,(H,25,28)(H,23,24,27)/t11-,12+/m1/s1. The van der Waals surface area contributed by atoms with Crippen LogP contribution in [0.1, 0.15) is 35.5 Å². The van der Waals surface area contributed by atoms with Crippen LogP contribution in [0.4, 0.5) is 23.7 Å². The van der Waals surface area contributed by atoms with Crippen molar-refractivity contribution >= 4 is 11.7 Å². The van der Waals surface area contributed by atoms with Crippen molar-refractivity contribution in [1.82, 2.24) is 14.9 Å². The highest BCUT2D eigenvalue weighted by Gasteiger charge is 2.42. The molecule has 1 fully saturated rings. The number of carbonyl (C=O) groups excluding carboxylic acids is 1. The molecule has 2 aromatic rings. The van der Waals surface area contributed by atoms with E-state index in [0.717, 1.165) is 12.5 Å². The Labute approximate surface area is 158 Å². The fourth-order valence-corrected chi connectivity index (χ4v) is 4.22. The maximum absolute atomic E-state index is 13.2. The van der Waals surface area contributed by atoms with Gasteiger partial charge in [-0.3, -0.25) is 4.79 Å². The van der Waals surface area contributed by atoms with Gasteiger partial charge < -0.3 is 15.2 Å². The van der Waals surface area contributed by atoms with Crippen LogP contribution in [0.3, 0.4) is 0 Å². The third kappa shape index (κ3) is 3.25. The van der Waals surface area contributed by atoms with Crippen molar-refractivity contribution in [3.63, 3.8) is 0 Å². The molecule has 1 aromatic heterocycles. The van der Waals surface area contributed by atoms with Crippen molar-refractivity contribution in [2.75, 3.05) is 5.32 Å². The Kier molecular flexibility index (Phi) is 4.40. The summed E-state index contributed by atoms with van der Waals surface area (Å²) in [7, 11) is 0. The number of amides is 2. The second kappa shape index (κ2) is 6.65. The van der Waals surface area contributed by atoms with Crippen LogP contribution in [0.5, 0.6) is 0 Å². The molecular formula is C19H19F3N4O2. The van der Waals surface area contributed by atoms with Gasteiger partial charge in [-0.2, -0.15) is 13.2 Å². The fraction of sp³-hybridized carbons (Fsp3) is 0.421. The van der Waals surface area contributed by atoms with Crippen LogP contribution in [0.2, 0.25) is 0 Å². The Balaban J connectivity index is 1.62. The molecule has 2 N–H and O–H groups in total. The van der Waals surface area contributed by atoms with Crippen LogP contribution >= 0.6 is 0 Å². The predicted octanol–water partition coefficient (Wildman–Crippen LogP) is 3.26. The van der Waals surface area contributed by atoms with Gasteiger partial charge in [0.2, 0.25) is 0 Å². The number of anilines is 1. The molecule has 2 amide bonds. The Morgan fingerprint density at radius 1 is 1.21 bits per heavy atom. The maximum Gasteiger partial charge on any atom is 0.418 e. The predicted molar refractivity (Wildman–Crippen MR) is 96.1 cm³/mol. The molecule has 0 unspecified atom stereocenters. The fourth-order valence-electron chi connectivity index (χ4n) is 4.22. The van der Waals surface area contributed by atoms with Crippen molar-refractivity contribution in [2.24, 2.45) is 0 Å². The van der Waals surface area contributed by atoms with E-state index in [1.807, 2.05) is 0 Å². The van der Waals surface area contributed by atoms with E-state index in [2.05, 4.69) is 15.3 Å². The number of nitrogens with one attached hydrogen (secondary N) is 2. The number of rotatable bonds is 1. The van der Waals surface area contributed by atoms with Crippen LogP contribution in [-0.2, 0) is 19.0 Å². The van der Waals surface area contributed by atoms with Gasteiger partial charge >= 0.3 is 12.2 Å². The van der Waals surface area contributed by atoms with Crippen LogP contribution in [0.15, 0.2) is 29.1 Å².